The molecule has 20 heavy (non-hydrogen) atoms. The summed E-state index contributed by atoms with van der Waals surface area (Å²) in [6, 6.07) is 7.49. The number of nitrogens with zero attached hydrogens (tertiary/aromatic N) is 3. The van der Waals surface area contributed by atoms with Crippen molar-refractivity contribution < 1.29 is 9.90 Å². The van der Waals surface area contributed by atoms with Crippen molar-refractivity contribution in [3.8, 4) is 0 Å². The molecule has 1 atom stereocenters. The van der Waals surface area contributed by atoms with Crippen LogP contribution >= 0.6 is 0 Å². The number of carboxylic acid groups (broad SMARTS) is 1. The third kappa shape index (κ3) is 2.71. The predicted molar refractivity (Wildman–Crippen MR) is 79.2 cm³/mol. The molecule has 5 heteroatoms. The van der Waals surface area contributed by atoms with E-state index in [0.29, 0.717) is 17.1 Å². The highest BCUT2D eigenvalue weighted by atomic mass is 16.4. The van der Waals surface area contributed by atoms with E-state index in [9.17, 15) is 9.90 Å². The van der Waals surface area contributed by atoms with Gasteiger partial charge in [0.1, 0.15) is 0 Å². The third-order valence-corrected chi connectivity index (χ3v) is 3.51. The lowest BCUT2D eigenvalue weighted by atomic mass is 10.1. The van der Waals surface area contributed by atoms with Crippen LogP contribution < -0.4 is 4.90 Å². The fraction of sp³-hybridized carbons (Fsp3) is 0.400. The van der Waals surface area contributed by atoms with Crippen LogP contribution in [0.4, 0.5) is 5.69 Å². The number of fused-ring (bicyclic) bond motifs is 1. The number of aromatic nitrogens is 2. The van der Waals surface area contributed by atoms with E-state index in [0.717, 1.165) is 18.4 Å². The molecule has 0 bridgehead atoms. The Morgan fingerprint density at radius 1 is 1.35 bits per heavy atom. The quantitative estimate of drug-likeness (QED) is 0.907. The van der Waals surface area contributed by atoms with E-state index in [2.05, 4.69) is 24.0 Å². The van der Waals surface area contributed by atoms with Gasteiger partial charge >= 0.3 is 5.97 Å². The van der Waals surface area contributed by atoms with Crippen LogP contribution in [0.1, 0.15) is 30.8 Å². The van der Waals surface area contributed by atoms with Crippen molar-refractivity contribution in [3.63, 3.8) is 0 Å². The van der Waals surface area contributed by atoms with Crippen LogP contribution in [0.5, 0.6) is 0 Å². The molecule has 2 rings (SSSR count). The first-order valence-corrected chi connectivity index (χ1v) is 6.74. The van der Waals surface area contributed by atoms with Crippen LogP contribution in [0.25, 0.3) is 10.9 Å². The molecule has 0 aliphatic rings. The molecule has 0 saturated heterocycles. The standard InChI is InChI=1S/C15H19N3O2/c1-4-10(2)9-18(3)14-11-7-5-6-8-12(11)16-17-13(14)15(19)20/h5-8,10H,4,9H2,1-3H3,(H,19,20). The van der Waals surface area contributed by atoms with Crippen molar-refractivity contribution in [2.75, 3.05) is 18.5 Å². The Morgan fingerprint density at radius 3 is 2.70 bits per heavy atom. The number of benzene rings is 1. The summed E-state index contributed by atoms with van der Waals surface area (Å²) >= 11 is 0. The highest BCUT2D eigenvalue weighted by Gasteiger charge is 2.20. The molecule has 0 amide bonds. The minimum atomic E-state index is -1.05. The van der Waals surface area contributed by atoms with Gasteiger partial charge in [0.2, 0.25) is 0 Å². The monoisotopic (exact) mass is 273 g/mol. The zero-order chi connectivity index (χ0) is 14.7. The normalized spacial score (nSPS) is 12.3. The van der Waals surface area contributed by atoms with Gasteiger partial charge in [-0.25, -0.2) is 4.79 Å². The largest absolute Gasteiger partial charge is 0.476 e. The van der Waals surface area contributed by atoms with Gasteiger partial charge in [-0.3, -0.25) is 0 Å². The number of anilines is 1. The van der Waals surface area contributed by atoms with Crippen molar-refractivity contribution >= 4 is 22.6 Å². The second-order valence-electron chi connectivity index (χ2n) is 5.11. The van der Waals surface area contributed by atoms with Gasteiger partial charge in [-0.1, -0.05) is 38.5 Å². The summed E-state index contributed by atoms with van der Waals surface area (Å²) in [5.74, 6) is -0.567. The van der Waals surface area contributed by atoms with Crippen LogP contribution in [0.3, 0.4) is 0 Å². The van der Waals surface area contributed by atoms with Gasteiger partial charge in [0, 0.05) is 19.0 Å². The molecule has 1 aromatic carbocycles. The molecule has 1 aromatic heterocycles. The average Bonchev–Trinajstić information content (AvgIpc) is 2.45. The fourth-order valence-corrected chi connectivity index (χ4v) is 2.26. The summed E-state index contributed by atoms with van der Waals surface area (Å²) in [6.07, 6.45) is 1.04. The first kappa shape index (κ1) is 14.2. The van der Waals surface area contributed by atoms with E-state index in [-0.39, 0.29) is 5.69 Å². The molecule has 1 unspecified atom stereocenters. The smallest absolute Gasteiger partial charge is 0.358 e. The summed E-state index contributed by atoms with van der Waals surface area (Å²) in [5, 5.41) is 18.0. The molecule has 1 heterocycles. The second-order valence-corrected chi connectivity index (χ2v) is 5.11. The van der Waals surface area contributed by atoms with Crippen LogP contribution in [0.2, 0.25) is 0 Å². The van der Waals surface area contributed by atoms with Crippen LogP contribution in [0.15, 0.2) is 24.3 Å². The summed E-state index contributed by atoms with van der Waals surface area (Å²) in [7, 11) is 1.90. The highest BCUT2D eigenvalue weighted by molar-refractivity contribution is 6.02. The van der Waals surface area contributed by atoms with E-state index in [1.807, 2.05) is 36.2 Å². The first-order valence-electron chi connectivity index (χ1n) is 6.74. The van der Waals surface area contributed by atoms with Crippen molar-refractivity contribution in [2.45, 2.75) is 20.3 Å². The molecule has 1 N–H and O–H groups in total. The summed E-state index contributed by atoms with van der Waals surface area (Å²) in [4.78, 5) is 13.4. The molecule has 0 aliphatic carbocycles. The number of carbonyl (C=O) groups is 1. The third-order valence-electron chi connectivity index (χ3n) is 3.51. The van der Waals surface area contributed by atoms with Crippen molar-refractivity contribution in [3.05, 3.63) is 30.0 Å². The van der Waals surface area contributed by atoms with Gasteiger partial charge in [-0.2, -0.15) is 0 Å². The van der Waals surface area contributed by atoms with E-state index in [4.69, 9.17) is 0 Å². The Hall–Kier alpha value is -2.17. The second kappa shape index (κ2) is 5.86. The molecule has 5 nitrogen and oxygen atoms in total. The van der Waals surface area contributed by atoms with Crippen molar-refractivity contribution in [1.82, 2.24) is 10.2 Å². The number of aromatic carboxylic acids is 1. The lowest BCUT2D eigenvalue weighted by Gasteiger charge is -2.24. The predicted octanol–water partition coefficient (Wildman–Crippen LogP) is 2.81. The Balaban J connectivity index is 2.57. The van der Waals surface area contributed by atoms with Crippen molar-refractivity contribution in [2.24, 2.45) is 5.92 Å². The lowest BCUT2D eigenvalue weighted by Crippen LogP contribution is -2.26. The molecule has 106 valence electrons. The first-order chi connectivity index (χ1) is 9.54. The van der Waals surface area contributed by atoms with Gasteiger partial charge in [0.25, 0.3) is 0 Å². The molecule has 0 spiro atoms. The Morgan fingerprint density at radius 2 is 2.05 bits per heavy atom. The number of hydrogen-bond donors (Lipinski definition) is 1. The van der Waals surface area contributed by atoms with E-state index in [1.165, 1.54) is 0 Å². The molecule has 0 saturated carbocycles. The minimum absolute atomic E-state index is 0.00880. The Labute approximate surface area is 118 Å². The van der Waals surface area contributed by atoms with Gasteiger partial charge in [-0.15, -0.1) is 10.2 Å². The van der Waals surface area contributed by atoms with Crippen LogP contribution in [0, 0.1) is 5.92 Å². The number of hydrogen-bond acceptors (Lipinski definition) is 4. The van der Waals surface area contributed by atoms with Gasteiger partial charge in [0.15, 0.2) is 5.69 Å². The Bertz CT molecular complexity index is 628. The lowest BCUT2D eigenvalue weighted by molar-refractivity contribution is 0.0690. The maximum absolute atomic E-state index is 11.4. The Kier molecular flexibility index (Phi) is 4.17. The highest BCUT2D eigenvalue weighted by Crippen LogP contribution is 2.28. The molecule has 0 fully saturated rings. The van der Waals surface area contributed by atoms with Crippen LogP contribution in [-0.4, -0.2) is 34.9 Å². The zero-order valence-corrected chi connectivity index (χ0v) is 12.0. The van der Waals surface area contributed by atoms with Gasteiger partial charge in [0.05, 0.1) is 11.2 Å². The van der Waals surface area contributed by atoms with E-state index < -0.39 is 5.97 Å². The summed E-state index contributed by atoms with van der Waals surface area (Å²) < 4.78 is 0. The molecular formula is C15H19N3O2. The van der Waals surface area contributed by atoms with Gasteiger partial charge < -0.3 is 10.0 Å². The van der Waals surface area contributed by atoms with E-state index in [1.54, 1.807) is 0 Å². The maximum atomic E-state index is 11.4. The minimum Gasteiger partial charge on any atom is -0.476 e. The topological polar surface area (TPSA) is 66.3 Å². The number of carboxylic acids is 1. The average molecular weight is 273 g/mol. The van der Waals surface area contributed by atoms with Crippen molar-refractivity contribution in [1.29, 1.82) is 0 Å². The fourth-order valence-electron chi connectivity index (χ4n) is 2.26. The zero-order valence-electron chi connectivity index (χ0n) is 12.0. The molecular weight excluding hydrogens is 254 g/mol. The summed E-state index contributed by atoms with van der Waals surface area (Å²) in [6.45, 7) is 5.06. The molecule has 0 aliphatic heterocycles. The molecule has 2 aromatic rings. The van der Waals surface area contributed by atoms with Crippen LogP contribution in [-0.2, 0) is 0 Å². The van der Waals surface area contributed by atoms with Gasteiger partial charge in [-0.05, 0) is 12.0 Å². The summed E-state index contributed by atoms with van der Waals surface area (Å²) in [5.41, 5.74) is 1.36. The van der Waals surface area contributed by atoms with E-state index >= 15 is 0 Å². The number of rotatable bonds is 5. The maximum Gasteiger partial charge on any atom is 0.358 e. The molecule has 0 radical (unpaired) electrons. The SMILES string of the molecule is CCC(C)CN(C)c1c(C(=O)O)nnc2ccccc12.